The van der Waals surface area contributed by atoms with Gasteiger partial charge in [-0.1, -0.05) is 13.3 Å². The molecular weight excluding hydrogens is 257 g/mol. The molecule has 15 heavy (non-hydrogen) atoms. The molecule has 0 aliphatic carbocycles. The summed E-state index contributed by atoms with van der Waals surface area (Å²) in [5.41, 5.74) is 2.19. The zero-order valence-electron chi connectivity index (χ0n) is 8.82. The Morgan fingerprint density at radius 1 is 1.53 bits per heavy atom. The lowest BCUT2D eigenvalue weighted by atomic mass is 9.91. The van der Waals surface area contributed by atoms with Gasteiger partial charge in [0, 0.05) is 12.2 Å². The van der Waals surface area contributed by atoms with Crippen molar-refractivity contribution in [3.63, 3.8) is 0 Å². The highest BCUT2D eigenvalue weighted by atomic mass is 79.9. The molecule has 0 saturated carbocycles. The molecule has 1 heterocycles. The van der Waals surface area contributed by atoms with Gasteiger partial charge in [-0.15, -0.1) is 0 Å². The van der Waals surface area contributed by atoms with Crippen LogP contribution in [-0.4, -0.2) is 6.54 Å². The van der Waals surface area contributed by atoms with Gasteiger partial charge in [-0.3, -0.25) is 0 Å². The molecule has 0 aromatic heterocycles. The lowest BCUT2D eigenvalue weighted by Gasteiger charge is -2.26. The number of hydrogen-bond donors (Lipinski definition) is 1. The Morgan fingerprint density at radius 2 is 2.33 bits per heavy atom. The van der Waals surface area contributed by atoms with E-state index in [2.05, 4.69) is 28.2 Å². The highest BCUT2D eigenvalue weighted by molar-refractivity contribution is 9.10. The SMILES string of the molecule is CCCC1CNc2cc(F)c(Br)cc2C1. The zero-order chi connectivity index (χ0) is 10.8. The maximum atomic E-state index is 13.3. The fourth-order valence-electron chi connectivity index (χ4n) is 2.17. The molecule has 1 aliphatic rings. The van der Waals surface area contributed by atoms with Crippen molar-refractivity contribution in [3.05, 3.63) is 28.0 Å². The number of halogens is 2. The third-order valence-electron chi connectivity index (χ3n) is 2.93. The Kier molecular flexibility index (Phi) is 3.29. The van der Waals surface area contributed by atoms with Crippen LogP contribution in [0.3, 0.4) is 0 Å². The first-order valence-electron chi connectivity index (χ1n) is 5.42. The minimum atomic E-state index is -0.185. The summed E-state index contributed by atoms with van der Waals surface area (Å²) in [5, 5.41) is 3.30. The molecule has 1 atom stereocenters. The van der Waals surface area contributed by atoms with Gasteiger partial charge in [0.15, 0.2) is 0 Å². The number of benzene rings is 1. The quantitative estimate of drug-likeness (QED) is 0.858. The maximum Gasteiger partial charge on any atom is 0.139 e. The molecule has 3 heteroatoms. The predicted octanol–water partition coefficient (Wildman–Crippen LogP) is 3.97. The van der Waals surface area contributed by atoms with Crippen LogP contribution < -0.4 is 5.32 Å². The smallest absolute Gasteiger partial charge is 0.139 e. The van der Waals surface area contributed by atoms with Crippen molar-refractivity contribution in [2.75, 3.05) is 11.9 Å². The van der Waals surface area contributed by atoms with Crippen LogP contribution in [0.5, 0.6) is 0 Å². The highest BCUT2D eigenvalue weighted by Gasteiger charge is 2.18. The van der Waals surface area contributed by atoms with Crippen molar-refractivity contribution in [2.24, 2.45) is 5.92 Å². The van der Waals surface area contributed by atoms with Crippen molar-refractivity contribution in [3.8, 4) is 0 Å². The Hall–Kier alpha value is -0.570. The topological polar surface area (TPSA) is 12.0 Å². The maximum absolute atomic E-state index is 13.3. The number of nitrogens with one attached hydrogen (secondary N) is 1. The van der Waals surface area contributed by atoms with E-state index in [9.17, 15) is 4.39 Å². The van der Waals surface area contributed by atoms with E-state index in [-0.39, 0.29) is 5.82 Å². The lowest BCUT2D eigenvalue weighted by Crippen LogP contribution is -2.23. The molecule has 1 nitrogen and oxygen atoms in total. The van der Waals surface area contributed by atoms with Crippen LogP contribution in [0.25, 0.3) is 0 Å². The Morgan fingerprint density at radius 3 is 3.07 bits per heavy atom. The van der Waals surface area contributed by atoms with Gasteiger partial charge in [-0.2, -0.15) is 0 Å². The van der Waals surface area contributed by atoms with Crippen LogP contribution in [0.4, 0.5) is 10.1 Å². The highest BCUT2D eigenvalue weighted by Crippen LogP contribution is 2.31. The standard InChI is InChI=1S/C12H15BrFN/c1-2-3-8-4-9-5-10(13)11(14)6-12(9)15-7-8/h5-6,8,15H,2-4,7H2,1H3. The molecule has 0 bridgehead atoms. The second-order valence-electron chi connectivity index (χ2n) is 4.16. The third kappa shape index (κ3) is 2.33. The van der Waals surface area contributed by atoms with Crippen molar-refractivity contribution in [1.82, 2.24) is 0 Å². The van der Waals surface area contributed by atoms with Crippen molar-refractivity contribution in [1.29, 1.82) is 0 Å². The molecule has 1 unspecified atom stereocenters. The Balaban J connectivity index is 2.22. The van der Waals surface area contributed by atoms with Crippen molar-refractivity contribution >= 4 is 21.6 Å². The van der Waals surface area contributed by atoms with Gasteiger partial charge in [-0.25, -0.2) is 4.39 Å². The first-order valence-corrected chi connectivity index (χ1v) is 6.21. The summed E-state index contributed by atoms with van der Waals surface area (Å²) in [7, 11) is 0. The van der Waals surface area contributed by atoms with E-state index in [1.54, 1.807) is 6.07 Å². The fourth-order valence-corrected chi connectivity index (χ4v) is 2.56. The molecule has 0 saturated heterocycles. The average molecular weight is 272 g/mol. The summed E-state index contributed by atoms with van der Waals surface area (Å²) < 4.78 is 13.8. The molecule has 0 radical (unpaired) electrons. The molecule has 1 aliphatic heterocycles. The summed E-state index contributed by atoms with van der Waals surface area (Å²) in [6.07, 6.45) is 3.51. The van der Waals surface area contributed by atoms with E-state index in [0.29, 0.717) is 10.4 Å². The van der Waals surface area contributed by atoms with Crippen LogP contribution in [0.1, 0.15) is 25.3 Å². The second kappa shape index (κ2) is 4.52. The Bertz CT molecular complexity index is 365. The summed E-state index contributed by atoms with van der Waals surface area (Å²) in [4.78, 5) is 0. The first kappa shape index (κ1) is 10.9. The predicted molar refractivity (Wildman–Crippen MR) is 64.7 cm³/mol. The van der Waals surface area contributed by atoms with E-state index in [4.69, 9.17) is 0 Å². The Labute approximate surface area is 98.2 Å². The summed E-state index contributed by atoms with van der Waals surface area (Å²) in [5.74, 6) is 0.509. The molecule has 0 amide bonds. The average Bonchev–Trinajstić information content (AvgIpc) is 2.21. The van der Waals surface area contributed by atoms with Gasteiger partial charge in [-0.05, 0) is 52.4 Å². The second-order valence-corrected chi connectivity index (χ2v) is 5.02. The van der Waals surface area contributed by atoms with Gasteiger partial charge < -0.3 is 5.32 Å². The van der Waals surface area contributed by atoms with Gasteiger partial charge in [0.2, 0.25) is 0 Å². The van der Waals surface area contributed by atoms with Gasteiger partial charge in [0.1, 0.15) is 5.82 Å². The molecule has 1 aromatic rings. The molecule has 0 spiro atoms. The van der Waals surface area contributed by atoms with Gasteiger partial charge in [0.25, 0.3) is 0 Å². The lowest BCUT2D eigenvalue weighted by molar-refractivity contribution is 0.488. The summed E-state index contributed by atoms with van der Waals surface area (Å²) in [6.45, 7) is 3.18. The van der Waals surface area contributed by atoms with E-state index in [1.807, 2.05) is 6.07 Å². The van der Waals surface area contributed by atoms with Crippen molar-refractivity contribution < 1.29 is 4.39 Å². The fraction of sp³-hybridized carbons (Fsp3) is 0.500. The van der Waals surface area contributed by atoms with E-state index in [0.717, 1.165) is 18.7 Å². The van der Waals surface area contributed by atoms with Crippen LogP contribution in [0.15, 0.2) is 16.6 Å². The molecule has 0 fully saturated rings. The normalized spacial score (nSPS) is 19.5. The number of anilines is 1. The number of hydrogen-bond acceptors (Lipinski definition) is 1. The minimum absolute atomic E-state index is 0.185. The zero-order valence-corrected chi connectivity index (χ0v) is 10.4. The van der Waals surface area contributed by atoms with Crippen LogP contribution in [0.2, 0.25) is 0 Å². The monoisotopic (exact) mass is 271 g/mol. The largest absolute Gasteiger partial charge is 0.384 e. The minimum Gasteiger partial charge on any atom is -0.384 e. The van der Waals surface area contributed by atoms with Crippen LogP contribution >= 0.6 is 15.9 Å². The first-order chi connectivity index (χ1) is 7.20. The number of rotatable bonds is 2. The van der Waals surface area contributed by atoms with Gasteiger partial charge >= 0.3 is 0 Å². The van der Waals surface area contributed by atoms with Crippen molar-refractivity contribution in [2.45, 2.75) is 26.2 Å². The molecule has 82 valence electrons. The van der Waals surface area contributed by atoms with E-state index < -0.39 is 0 Å². The van der Waals surface area contributed by atoms with Crippen LogP contribution in [-0.2, 0) is 6.42 Å². The van der Waals surface area contributed by atoms with Gasteiger partial charge in [0.05, 0.1) is 4.47 Å². The molecule has 1 N–H and O–H groups in total. The van der Waals surface area contributed by atoms with Crippen LogP contribution in [0, 0.1) is 11.7 Å². The molecular formula is C12H15BrFN. The number of fused-ring (bicyclic) bond motifs is 1. The third-order valence-corrected chi connectivity index (χ3v) is 3.54. The summed E-state index contributed by atoms with van der Waals surface area (Å²) in [6, 6.07) is 3.49. The molecule has 1 aromatic carbocycles. The summed E-state index contributed by atoms with van der Waals surface area (Å²) >= 11 is 3.23. The van der Waals surface area contributed by atoms with E-state index in [1.165, 1.54) is 18.4 Å². The van der Waals surface area contributed by atoms with E-state index >= 15 is 0 Å². The molecule has 2 rings (SSSR count).